The van der Waals surface area contributed by atoms with E-state index in [1.54, 1.807) is 4.90 Å². The smallest absolute Gasteiger partial charge is 0.255 e. The molecule has 154 valence electrons. The minimum absolute atomic E-state index is 0.121. The van der Waals surface area contributed by atoms with E-state index < -0.39 is 6.04 Å². The summed E-state index contributed by atoms with van der Waals surface area (Å²) in [7, 11) is 0. The molecule has 1 atom stereocenters. The number of nitrogen functional groups attached to an aromatic ring is 1. The van der Waals surface area contributed by atoms with E-state index in [-0.39, 0.29) is 24.1 Å². The number of amides is 3. The SMILES string of the molecule is Nc1ccc(C2CN(Cc3cccc4c3CN(C3CCC(=O)NC3=O)C4=O)C2)cc1. The highest BCUT2D eigenvalue weighted by Crippen LogP contribution is 2.33. The van der Waals surface area contributed by atoms with Gasteiger partial charge in [0.2, 0.25) is 11.8 Å². The Hall–Kier alpha value is -3.19. The largest absolute Gasteiger partial charge is 0.399 e. The van der Waals surface area contributed by atoms with E-state index >= 15 is 0 Å². The van der Waals surface area contributed by atoms with Gasteiger partial charge in [-0.25, -0.2) is 0 Å². The molecule has 5 rings (SSSR count). The molecule has 2 saturated heterocycles. The molecule has 7 nitrogen and oxygen atoms in total. The average molecular weight is 404 g/mol. The van der Waals surface area contributed by atoms with Crippen LogP contribution in [0.3, 0.4) is 0 Å². The summed E-state index contributed by atoms with van der Waals surface area (Å²) in [5.41, 5.74) is 10.7. The van der Waals surface area contributed by atoms with Crippen LogP contribution in [0, 0.1) is 0 Å². The number of rotatable bonds is 4. The van der Waals surface area contributed by atoms with Gasteiger partial charge < -0.3 is 10.6 Å². The second-order valence-corrected chi connectivity index (χ2v) is 8.40. The lowest BCUT2D eigenvalue weighted by molar-refractivity contribution is -0.136. The van der Waals surface area contributed by atoms with Crippen LogP contribution in [0.5, 0.6) is 0 Å². The van der Waals surface area contributed by atoms with Crippen molar-refractivity contribution in [3.8, 4) is 0 Å². The monoisotopic (exact) mass is 404 g/mol. The van der Waals surface area contributed by atoms with E-state index in [0.717, 1.165) is 36.4 Å². The molecule has 30 heavy (non-hydrogen) atoms. The molecule has 3 aliphatic rings. The number of fused-ring (bicyclic) bond motifs is 1. The van der Waals surface area contributed by atoms with Crippen molar-refractivity contribution in [2.24, 2.45) is 0 Å². The first kappa shape index (κ1) is 18.8. The number of carbonyl (C=O) groups is 3. The van der Waals surface area contributed by atoms with Crippen molar-refractivity contribution in [2.45, 2.75) is 37.9 Å². The zero-order chi connectivity index (χ0) is 20.8. The molecule has 3 heterocycles. The number of imide groups is 1. The molecule has 0 radical (unpaired) electrons. The number of hydrogen-bond donors (Lipinski definition) is 2. The number of benzene rings is 2. The molecule has 0 bridgehead atoms. The van der Waals surface area contributed by atoms with E-state index in [9.17, 15) is 14.4 Å². The third kappa shape index (κ3) is 3.25. The molecule has 0 aliphatic carbocycles. The Morgan fingerprint density at radius 2 is 1.80 bits per heavy atom. The maximum Gasteiger partial charge on any atom is 0.255 e. The van der Waals surface area contributed by atoms with Crippen LogP contribution in [-0.2, 0) is 22.7 Å². The quantitative estimate of drug-likeness (QED) is 0.597. The molecule has 0 spiro atoms. The van der Waals surface area contributed by atoms with Gasteiger partial charge in [0.25, 0.3) is 5.91 Å². The van der Waals surface area contributed by atoms with Gasteiger partial charge in [-0.1, -0.05) is 24.3 Å². The van der Waals surface area contributed by atoms with Crippen LogP contribution in [0.25, 0.3) is 0 Å². The summed E-state index contributed by atoms with van der Waals surface area (Å²) in [4.78, 5) is 40.6. The van der Waals surface area contributed by atoms with Gasteiger partial charge in [0, 0.05) is 49.8 Å². The Balaban J connectivity index is 1.28. The maximum atomic E-state index is 12.9. The first-order chi connectivity index (χ1) is 14.5. The van der Waals surface area contributed by atoms with Crippen molar-refractivity contribution >= 4 is 23.4 Å². The Morgan fingerprint density at radius 1 is 1.03 bits per heavy atom. The van der Waals surface area contributed by atoms with Crippen LogP contribution in [0.1, 0.15) is 45.8 Å². The Morgan fingerprint density at radius 3 is 2.53 bits per heavy atom. The summed E-state index contributed by atoms with van der Waals surface area (Å²) in [6.45, 7) is 3.15. The lowest BCUT2D eigenvalue weighted by Gasteiger charge is -2.40. The van der Waals surface area contributed by atoms with Crippen molar-refractivity contribution < 1.29 is 14.4 Å². The highest BCUT2D eigenvalue weighted by atomic mass is 16.2. The minimum atomic E-state index is -0.575. The fraction of sp³-hybridized carbons (Fsp3) is 0.348. The average Bonchev–Trinajstić information content (AvgIpc) is 3.03. The second-order valence-electron chi connectivity index (χ2n) is 8.40. The second kappa shape index (κ2) is 7.25. The summed E-state index contributed by atoms with van der Waals surface area (Å²) in [6.07, 6.45) is 0.652. The molecule has 3 N–H and O–H groups in total. The van der Waals surface area contributed by atoms with Crippen molar-refractivity contribution in [1.29, 1.82) is 0 Å². The van der Waals surface area contributed by atoms with Gasteiger partial charge in [-0.3, -0.25) is 24.6 Å². The van der Waals surface area contributed by atoms with E-state index in [1.807, 2.05) is 24.3 Å². The topological polar surface area (TPSA) is 95.7 Å². The molecule has 0 saturated carbocycles. The highest BCUT2D eigenvalue weighted by Gasteiger charge is 2.40. The minimum Gasteiger partial charge on any atom is -0.399 e. The fourth-order valence-corrected chi connectivity index (χ4v) is 4.72. The number of nitrogens with two attached hydrogens (primary N) is 1. The number of carbonyl (C=O) groups excluding carboxylic acids is 3. The third-order valence-electron chi connectivity index (χ3n) is 6.44. The molecule has 3 aliphatic heterocycles. The molecular formula is C23H24N4O3. The number of nitrogens with one attached hydrogen (secondary N) is 1. The van der Waals surface area contributed by atoms with Crippen molar-refractivity contribution in [2.75, 3.05) is 18.8 Å². The van der Waals surface area contributed by atoms with Gasteiger partial charge >= 0.3 is 0 Å². The number of nitrogens with zero attached hydrogens (tertiary/aromatic N) is 2. The summed E-state index contributed by atoms with van der Waals surface area (Å²) in [5.74, 6) is -0.258. The lowest BCUT2D eigenvalue weighted by Crippen LogP contribution is -2.52. The predicted octanol–water partition coefficient (Wildman–Crippen LogP) is 1.63. The van der Waals surface area contributed by atoms with Gasteiger partial charge in [-0.15, -0.1) is 0 Å². The fourth-order valence-electron chi connectivity index (χ4n) is 4.72. The molecular weight excluding hydrogens is 380 g/mol. The molecule has 3 amide bonds. The van der Waals surface area contributed by atoms with Crippen LogP contribution in [0.4, 0.5) is 5.69 Å². The van der Waals surface area contributed by atoms with E-state index in [1.165, 1.54) is 5.56 Å². The van der Waals surface area contributed by atoms with Gasteiger partial charge in [0.1, 0.15) is 6.04 Å². The van der Waals surface area contributed by atoms with E-state index in [2.05, 4.69) is 28.4 Å². The number of likely N-dealkylation sites (tertiary alicyclic amines) is 1. The Bertz CT molecular complexity index is 1030. The van der Waals surface area contributed by atoms with Gasteiger partial charge in [0.05, 0.1) is 0 Å². The number of piperidine rings is 1. The van der Waals surface area contributed by atoms with Crippen LogP contribution >= 0.6 is 0 Å². The zero-order valence-electron chi connectivity index (χ0n) is 16.6. The Labute approximate surface area is 174 Å². The zero-order valence-corrected chi connectivity index (χ0v) is 16.6. The van der Waals surface area contributed by atoms with Gasteiger partial charge in [-0.2, -0.15) is 0 Å². The van der Waals surface area contributed by atoms with Crippen LogP contribution in [0.2, 0.25) is 0 Å². The normalized spacial score (nSPS) is 22.1. The van der Waals surface area contributed by atoms with E-state index in [0.29, 0.717) is 24.4 Å². The lowest BCUT2D eigenvalue weighted by atomic mass is 9.90. The number of hydrogen-bond acceptors (Lipinski definition) is 5. The summed E-state index contributed by atoms with van der Waals surface area (Å²) < 4.78 is 0. The molecule has 2 aromatic rings. The standard InChI is InChI=1S/C23H24N4O3/c24-17-6-4-14(5-7-17)16-11-26(12-16)10-15-2-1-3-18-19(15)13-27(23(18)30)20-8-9-21(28)25-22(20)29/h1-7,16,20H,8-13,24H2,(H,25,28,29). The van der Waals surface area contributed by atoms with Crippen LogP contribution < -0.4 is 11.1 Å². The highest BCUT2D eigenvalue weighted by molar-refractivity contribution is 6.05. The van der Waals surface area contributed by atoms with Crippen LogP contribution in [-0.4, -0.2) is 46.7 Å². The number of anilines is 1. The van der Waals surface area contributed by atoms with Gasteiger partial charge in [0.15, 0.2) is 0 Å². The maximum absolute atomic E-state index is 12.9. The molecule has 1 unspecified atom stereocenters. The molecule has 7 heteroatoms. The predicted molar refractivity (Wildman–Crippen MR) is 111 cm³/mol. The Kier molecular flexibility index (Phi) is 4.55. The summed E-state index contributed by atoms with van der Waals surface area (Å²) in [6, 6.07) is 13.3. The van der Waals surface area contributed by atoms with Crippen molar-refractivity contribution in [3.05, 3.63) is 64.7 Å². The third-order valence-corrected chi connectivity index (χ3v) is 6.44. The first-order valence-electron chi connectivity index (χ1n) is 10.3. The van der Waals surface area contributed by atoms with E-state index in [4.69, 9.17) is 5.73 Å². The molecule has 2 fully saturated rings. The summed E-state index contributed by atoms with van der Waals surface area (Å²) in [5, 5.41) is 2.35. The molecule has 2 aromatic carbocycles. The van der Waals surface area contributed by atoms with Crippen molar-refractivity contribution in [1.82, 2.24) is 15.1 Å². The van der Waals surface area contributed by atoms with Gasteiger partial charge in [-0.05, 0) is 41.3 Å². The van der Waals surface area contributed by atoms with Crippen LogP contribution in [0.15, 0.2) is 42.5 Å². The van der Waals surface area contributed by atoms with Crippen molar-refractivity contribution in [3.63, 3.8) is 0 Å². The first-order valence-corrected chi connectivity index (χ1v) is 10.3. The molecule has 0 aromatic heterocycles. The summed E-state index contributed by atoms with van der Waals surface area (Å²) >= 11 is 0.